The summed E-state index contributed by atoms with van der Waals surface area (Å²) in [5.41, 5.74) is 2.39. The molecule has 2 aromatic rings. The number of amides is 1. The molecule has 1 N–H and O–H groups in total. The molecule has 1 aromatic heterocycles. The molecule has 100 valence electrons. The van der Waals surface area contributed by atoms with Gasteiger partial charge in [-0.25, -0.2) is 0 Å². The maximum Gasteiger partial charge on any atom is 0.277 e. The number of benzene rings is 1. The van der Waals surface area contributed by atoms with Crippen molar-refractivity contribution in [2.75, 3.05) is 5.32 Å². The van der Waals surface area contributed by atoms with E-state index in [1.165, 1.54) is 10.2 Å². The van der Waals surface area contributed by atoms with Gasteiger partial charge in [-0.15, -0.1) is 5.10 Å². The number of nitrogens with one attached hydrogen (secondary N) is 1. The van der Waals surface area contributed by atoms with Crippen molar-refractivity contribution < 1.29 is 4.79 Å². The van der Waals surface area contributed by atoms with E-state index in [1.807, 2.05) is 24.3 Å². The lowest BCUT2D eigenvalue weighted by atomic mass is 9.87. The summed E-state index contributed by atoms with van der Waals surface area (Å²) >= 11 is 0. The Morgan fingerprint density at radius 2 is 1.84 bits per heavy atom. The molecule has 5 nitrogen and oxygen atoms in total. The minimum Gasteiger partial charge on any atom is -0.321 e. The highest BCUT2D eigenvalue weighted by Gasteiger charge is 2.14. The molecule has 0 aliphatic rings. The summed E-state index contributed by atoms with van der Waals surface area (Å²) < 4.78 is 1.50. The van der Waals surface area contributed by atoms with Gasteiger partial charge in [-0.2, -0.15) is 0 Å². The molecule has 0 radical (unpaired) electrons. The third kappa shape index (κ3) is 3.19. The average molecular weight is 258 g/mol. The first kappa shape index (κ1) is 13.3. The van der Waals surface area contributed by atoms with Crippen molar-refractivity contribution in [3.8, 4) is 0 Å². The van der Waals surface area contributed by atoms with E-state index < -0.39 is 0 Å². The fraction of sp³-hybridized carbons (Fsp3) is 0.357. The maximum atomic E-state index is 11.9. The van der Waals surface area contributed by atoms with E-state index in [0.29, 0.717) is 5.69 Å². The number of carbonyl (C=O) groups excluding carboxylic acids is 1. The molecule has 2 rings (SSSR count). The SMILES string of the molecule is Cn1cc(C(=O)Nc2ccc(C(C)(C)C)cc2)nn1. The Balaban J connectivity index is 2.10. The van der Waals surface area contributed by atoms with Crippen molar-refractivity contribution >= 4 is 11.6 Å². The second kappa shape index (κ2) is 4.84. The molecule has 0 aliphatic heterocycles. The summed E-state index contributed by atoms with van der Waals surface area (Å²) in [4.78, 5) is 11.9. The van der Waals surface area contributed by atoms with Crippen molar-refractivity contribution in [3.63, 3.8) is 0 Å². The van der Waals surface area contributed by atoms with E-state index in [4.69, 9.17) is 0 Å². The minimum atomic E-state index is -0.253. The molecule has 5 heteroatoms. The third-order valence-corrected chi connectivity index (χ3v) is 2.84. The highest BCUT2D eigenvalue weighted by Crippen LogP contribution is 2.23. The van der Waals surface area contributed by atoms with Crippen LogP contribution in [0.15, 0.2) is 30.5 Å². The third-order valence-electron chi connectivity index (χ3n) is 2.84. The number of rotatable bonds is 2. The Labute approximate surface area is 112 Å². The molecular weight excluding hydrogens is 240 g/mol. The second-order valence-electron chi connectivity index (χ2n) is 5.56. The van der Waals surface area contributed by atoms with E-state index >= 15 is 0 Å². The highest BCUT2D eigenvalue weighted by atomic mass is 16.2. The van der Waals surface area contributed by atoms with Crippen molar-refractivity contribution in [1.29, 1.82) is 0 Å². The van der Waals surface area contributed by atoms with Crippen LogP contribution in [0.5, 0.6) is 0 Å². The van der Waals surface area contributed by atoms with Crippen LogP contribution in [0.25, 0.3) is 0 Å². The number of carbonyl (C=O) groups is 1. The molecule has 1 aromatic carbocycles. The molecule has 19 heavy (non-hydrogen) atoms. The molecule has 1 amide bonds. The molecule has 0 spiro atoms. The van der Waals surface area contributed by atoms with Crippen LogP contribution in [0.3, 0.4) is 0 Å². The van der Waals surface area contributed by atoms with E-state index in [-0.39, 0.29) is 11.3 Å². The van der Waals surface area contributed by atoms with Crippen molar-refractivity contribution in [1.82, 2.24) is 15.0 Å². The molecule has 0 saturated heterocycles. The second-order valence-corrected chi connectivity index (χ2v) is 5.56. The Kier molecular flexibility index (Phi) is 3.38. The molecule has 0 bridgehead atoms. The summed E-state index contributed by atoms with van der Waals surface area (Å²) in [6, 6.07) is 7.84. The van der Waals surface area contributed by atoms with Gasteiger partial charge in [0.2, 0.25) is 0 Å². The number of hydrogen-bond acceptors (Lipinski definition) is 3. The lowest BCUT2D eigenvalue weighted by molar-refractivity contribution is 0.102. The number of aryl methyl sites for hydroxylation is 1. The quantitative estimate of drug-likeness (QED) is 0.899. The zero-order chi connectivity index (χ0) is 14.0. The number of anilines is 1. The molecular formula is C14H18N4O. The zero-order valence-corrected chi connectivity index (χ0v) is 11.6. The first-order valence-electron chi connectivity index (χ1n) is 6.14. The van der Waals surface area contributed by atoms with E-state index in [2.05, 4.69) is 36.4 Å². The Hall–Kier alpha value is -2.17. The molecule has 0 atom stereocenters. The van der Waals surface area contributed by atoms with E-state index in [0.717, 1.165) is 5.69 Å². The van der Waals surface area contributed by atoms with Gasteiger partial charge in [-0.1, -0.05) is 38.1 Å². The molecule has 0 unspecified atom stereocenters. The fourth-order valence-electron chi connectivity index (χ4n) is 1.70. The normalized spacial score (nSPS) is 11.4. The van der Waals surface area contributed by atoms with Crippen LogP contribution >= 0.6 is 0 Å². The van der Waals surface area contributed by atoms with Gasteiger partial charge in [0.25, 0.3) is 5.91 Å². The van der Waals surface area contributed by atoms with E-state index in [9.17, 15) is 4.79 Å². The summed E-state index contributed by atoms with van der Waals surface area (Å²) in [7, 11) is 1.72. The van der Waals surface area contributed by atoms with Crippen LogP contribution in [0.4, 0.5) is 5.69 Å². The van der Waals surface area contributed by atoms with Gasteiger partial charge in [-0.05, 0) is 23.1 Å². The predicted molar refractivity (Wildman–Crippen MR) is 74.1 cm³/mol. The Bertz CT molecular complexity index is 578. The van der Waals surface area contributed by atoms with Gasteiger partial charge in [0, 0.05) is 12.7 Å². The summed E-state index contributed by atoms with van der Waals surface area (Å²) in [5.74, 6) is -0.253. The summed E-state index contributed by atoms with van der Waals surface area (Å²) in [6.07, 6.45) is 1.58. The highest BCUT2D eigenvalue weighted by molar-refractivity contribution is 6.02. The molecule has 0 aliphatic carbocycles. The monoisotopic (exact) mass is 258 g/mol. The summed E-state index contributed by atoms with van der Waals surface area (Å²) in [6.45, 7) is 6.46. The van der Waals surface area contributed by atoms with Gasteiger partial charge in [-0.3, -0.25) is 9.48 Å². The van der Waals surface area contributed by atoms with Crippen LogP contribution in [0.2, 0.25) is 0 Å². The first-order chi connectivity index (χ1) is 8.86. The van der Waals surface area contributed by atoms with Crippen LogP contribution < -0.4 is 5.32 Å². The lowest BCUT2D eigenvalue weighted by Gasteiger charge is -2.19. The van der Waals surface area contributed by atoms with Crippen LogP contribution in [-0.4, -0.2) is 20.9 Å². The minimum absolute atomic E-state index is 0.105. The van der Waals surface area contributed by atoms with Gasteiger partial charge >= 0.3 is 0 Å². The number of aromatic nitrogens is 3. The fourth-order valence-corrected chi connectivity index (χ4v) is 1.70. The molecule has 0 saturated carbocycles. The lowest BCUT2D eigenvalue weighted by Crippen LogP contribution is -2.14. The topological polar surface area (TPSA) is 59.8 Å². The predicted octanol–water partition coefficient (Wildman–Crippen LogP) is 2.36. The smallest absolute Gasteiger partial charge is 0.277 e. The van der Waals surface area contributed by atoms with Crippen molar-refractivity contribution in [2.24, 2.45) is 7.05 Å². The zero-order valence-electron chi connectivity index (χ0n) is 11.6. The standard InChI is InChI=1S/C14H18N4O/c1-14(2,3)10-5-7-11(8-6-10)15-13(19)12-9-18(4)17-16-12/h5-9H,1-4H3,(H,15,19). The van der Waals surface area contributed by atoms with Gasteiger partial charge < -0.3 is 5.32 Å². The van der Waals surface area contributed by atoms with Gasteiger partial charge in [0.1, 0.15) is 0 Å². The Morgan fingerprint density at radius 3 is 2.32 bits per heavy atom. The van der Waals surface area contributed by atoms with Gasteiger partial charge in [0.15, 0.2) is 5.69 Å². The van der Waals surface area contributed by atoms with Crippen LogP contribution in [0, 0.1) is 0 Å². The number of nitrogens with zero attached hydrogens (tertiary/aromatic N) is 3. The average Bonchev–Trinajstić information content (AvgIpc) is 2.75. The Morgan fingerprint density at radius 1 is 1.21 bits per heavy atom. The number of hydrogen-bond donors (Lipinski definition) is 1. The summed E-state index contributed by atoms with van der Waals surface area (Å²) in [5, 5.41) is 10.3. The molecule has 1 heterocycles. The van der Waals surface area contributed by atoms with E-state index in [1.54, 1.807) is 13.2 Å². The first-order valence-corrected chi connectivity index (χ1v) is 6.14. The van der Waals surface area contributed by atoms with Crippen molar-refractivity contribution in [2.45, 2.75) is 26.2 Å². The van der Waals surface area contributed by atoms with Crippen LogP contribution in [-0.2, 0) is 12.5 Å². The van der Waals surface area contributed by atoms with Crippen molar-refractivity contribution in [3.05, 3.63) is 41.7 Å². The molecule has 0 fully saturated rings. The van der Waals surface area contributed by atoms with Crippen LogP contribution in [0.1, 0.15) is 36.8 Å². The van der Waals surface area contributed by atoms with Gasteiger partial charge in [0.05, 0.1) is 6.20 Å². The largest absolute Gasteiger partial charge is 0.321 e. The maximum absolute atomic E-state index is 11.9.